The van der Waals surface area contributed by atoms with Crippen LogP contribution in [0.15, 0.2) is 42.5 Å². The second-order valence-corrected chi connectivity index (χ2v) is 9.89. The molecule has 1 heterocycles. The Bertz CT molecular complexity index is 962. The van der Waals surface area contributed by atoms with E-state index in [0.29, 0.717) is 6.54 Å². The summed E-state index contributed by atoms with van der Waals surface area (Å²) < 4.78 is 11.1. The fourth-order valence-corrected chi connectivity index (χ4v) is 5.18. The first kappa shape index (κ1) is 26.3. The van der Waals surface area contributed by atoms with E-state index in [2.05, 4.69) is 52.9 Å². The molecule has 1 saturated heterocycles. The summed E-state index contributed by atoms with van der Waals surface area (Å²) in [6, 6.07) is 15.2. The predicted molar refractivity (Wildman–Crippen MR) is 146 cm³/mol. The molecule has 2 aromatic rings. The van der Waals surface area contributed by atoms with Gasteiger partial charge in [-0.25, -0.2) is 0 Å². The highest BCUT2D eigenvalue weighted by Gasteiger charge is 2.24. The van der Waals surface area contributed by atoms with Crippen LogP contribution in [0.3, 0.4) is 0 Å². The molecule has 0 atom stereocenters. The number of nitrogens with zero attached hydrogens (tertiary/aromatic N) is 4. The van der Waals surface area contributed by atoms with Crippen LogP contribution in [0.4, 0.5) is 5.69 Å². The molecular weight excluding hydrogens is 452 g/mol. The van der Waals surface area contributed by atoms with E-state index in [4.69, 9.17) is 9.47 Å². The van der Waals surface area contributed by atoms with Crippen LogP contribution in [0.1, 0.15) is 26.2 Å². The third kappa shape index (κ3) is 6.13. The lowest BCUT2D eigenvalue weighted by Gasteiger charge is -2.37. The maximum absolute atomic E-state index is 13.0. The molecule has 1 saturated carbocycles. The number of amides is 1. The van der Waals surface area contributed by atoms with Crippen molar-refractivity contribution in [3.05, 3.63) is 42.5 Å². The predicted octanol–water partition coefficient (Wildman–Crippen LogP) is 3.83. The van der Waals surface area contributed by atoms with Gasteiger partial charge in [0.05, 0.1) is 26.3 Å². The van der Waals surface area contributed by atoms with Gasteiger partial charge in [0.1, 0.15) is 11.5 Å². The topological polar surface area (TPSA) is 48.5 Å². The fraction of sp³-hybridized carbons (Fsp3) is 0.552. The van der Waals surface area contributed by atoms with Crippen LogP contribution in [-0.4, -0.2) is 100 Å². The molecular formula is C29H42N4O3. The van der Waals surface area contributed by atoms with Crippen LogP contribution in [0, 0.1) is 0 Å². The van der Waals surface area contributed by atoms with Crippen molar-refractivity contribution in [2.45, 2.75) is 32.2 Å². The van der Waals surface area contributed by atoms with Crippen molar-refractivity contribution in [3.8, 4) is 22.6 Å². The van der Waals surface area contributed by atoms with Gasteiger partial charge in [-0.05, 0) is 56.6 Å². The molecule has 36 heavy (non-hydrogen) atoms. The van der Waals surface area contributed by atoms with E-state index in [9.17, 15) is 4.79 Å². The Morgan fingerprint density at radius 3 is 2.11 bits per heavy atom. The minimum Gasteiger partial charge on any atom is -0.496 e. The van der Waals surface area contributed by atoms with E-state index in [1.807, 2.05) is 23.1 Å². The van der Waals surface area contributed by atoms with Crippen LogP contribution in [0.2, 0.25) is 0 Å². The molecule has 7 nitrogen and oxygen atoms in total. The minimum absolute atomic E-state index is 0.253. The molecule has 196 valence electrons. The van der Waals surface area contributed by atoms with Crippen LogP contribution in [0.25, 0.3) is 11.1 Å². The zero-order chi connectivity index (χ0) is 25.5. The van der Waals surface area contributed by atoms with Crippen molar-refractivity contribution in [2.75, 3.05) is 78.5 Å². The fourth-order valence-electron chi connectivity index (χ4n) is 5.18. The SMILES string of the molecule is CCN(CCN(C)C1CCC1)C(=O)CN1CCN(c2ccc(-c3c(OC)cccc3OC)cc2)CC1. The maximum Gasteiger partial charge on any atom is 0.236 e. The third-order valence-electron chi connectivity index (χ3n) is 7.84. The Hall–Kier alpha value is -2.77. The first-order valence-electron chi connectivity index (χ1n) is 13.3. The molecule has 0 radical (unpaired) electrons. The van der Waals surface area contributed by atoms with Crippen LogP contribution < -0.4 is 14.4 Å². The molecule has 0 bridgehead atoms. The van der Waals surface area contributed by atoms with Gasteiger partial charge in [0.2, 0.25) is 5.91 Å². The standard InChI is InChI=1S/C29H42N4O3/c1-5-32(19-16-30(2)24-8-6-9-24)28(34)22-31-17-20-33(21-18-31)25-14-12-23(13-15-25)29-26(35-3)10-7-11-27(29)36-4/h7,10-15,24H,5-6,8-9,16-22H2,1-4H3. The quantitative estimate of drug-likeness (QED) is 0.473. The molecule has 0 N–H and O–H groups in total. The zero-order valence-electron chi connectivity index (χ0n) is 22.4. The molecule has 2 fully saturated rings. The number of piperazine rings is 1. The lowest BCUT2D eigenvalue weighted by molar-refractivity contribution is -0.132. The average Bonchev–Trinajstić information content (AvgIpc) is 2.88. The van der Waals surface area contributed by atoms with Gasteiger partial charge in [-0.3, -0.25) is 9.69 Å². The van der Waals surface area contributed by atoms with E-state index in [1.54, 1.807) is 14.2 Å². The van der Waals surface area contributed by atoms with Gasteiger partial charge in [0.25, 0.3) is 0 Å². The summed E-state index contributed by atoms with van der Waals surface area (Å²) in [5.74, 6) is 1.86. The molecule has 2 aliphatic rings. The third-order valence-corrected chi connectivity index (χ3v) is 7.84. The first-order chi connectivity index (χ1) is 17.5. The lowest BCUT2D eigenvalue weighted by atomic mass is 9.92. The molecule has 1 amide bonds. The molecule has 0 unspecified atom stereocenters. The van der Waals surface area contributed by atoms with E-state index in [1.165, 1.54) is 24.9 Å². The normalized spacial score (nSPS) is 16.6. The van der Waals surface area contributed by atoms with Gasteiger partial charge >= 0.3 is 0 Å². The van der Waals surface area contributed by atoms with Gasteiger partial charge in [-0.2, -0.15) is 0 Å². The molecule has 4 rings (SSSR count). The Labute approximate surface area is 216 Å². The summed E-state index contributed by atoms with van der Waals surface area (Å²) in [5, 5.41) is 0. The summed E-state index contributed by atoms with van der Waals surface area (Å²) in [6.45, 7) is 8.80. The Kier molecular flexibility index (Phi) is 9.10. The number of hydrogen-bond donors (Lipinski definition) is 0. The molecule has 1 aliphatic heterocycles. The Balaban J connectivity index is 1.28. The van der Waals surface area contributed by atoms with Gasteiger partial charge in [0.15, 0.2) is 0 Å². The molecule has 0 aromatic heterocycles. The summed E-state index contributed by atoms with van der Waals surface area (Å²) in [4.78, 5) is 22.1. The summed E-state index contributed by atoms with van der Waals surface area (Å²) in [7, 11) is 5.56. The number of likely N-dealkylation sites (N-methyl/N-ethyl adjacent to an activating group) is 2. The van der Waals surface area contributed by atoms with Crippen molar-refractivity contribution < 1.29 is 14.3 Å². The van der Waals surface area contributed by atoms with E-state index in [-0.39, 0.29) is 5.91 Å². The van der Waals surface area contributed by atoms with E-state index >= 15 is 0 Å². The number of hydrogen-bond acceptors (Lipinski definition) is 6. The highest BCUT2D eigenvalue weighted by atomic mass is 16.5. The summed E-state index contributed by atoms with van der Waals surface area (Å²) >= 11 is 0. The maximum atomic E-state index is 13.0. The van der Waals surface area contributed by atoms with Gasteiger partial charge in [-0.15, -0.1) is 0 Å². The van der Waals surface area contributed by atoms with Gasteiger partial charge in [-0.1, -0.05) is 24.6 Å². The van der Waals surface area contributed by atoms with Gasteiger partial charge < -0.3 is 24.2 Å². The summed E-state index contributed by atoms with van der Waals surface area (Å²) in [5.41, 5.74) is 3.24. The first-order valence-corrected chi connectivity index (χ1v) is 13.3. The highest BCUT2D eigenvalue weighted by molar-refractivity contribution is 5.79. The highest BCUT2D eigenvalue weighted by Crippen LogP contribution is 2.38. The van der Waals surface area contributed by atoms with Crippen molar-refractivity contribution >= 4 is 11.6 Å². The monoisotopic (exact) mass is 494 g/mol. The number of benzene rings is 2. The molecule has 2 aromatic carbocycles. The largest absolute Gasteiger partial charge is 0.496 e. The lowest BCUT2D eigenvalue weighted by Crippen LogP contribution is -2.51. The Morgan fingerprint density at radius 2 is 1.58 bits per heavy atom. The number of carbonyl (C=O) groups is 1. The van der Waals surface area contributed by atoms with Crippen LogP contribution in [0.5, 0.6) is 11.5 Å². The summed E-state index contributed by atoms with van der Waals surface area (Å²) in [6.07, 6.45) is 3.95. The van der Waals surface area contributed by atoms with Crippen molar-refractivity contribution in [2.24, 2.45) is 0 Å². The Morgan fingerprint density at radius 1 is 0.944 bits per heavy atom. The van der Waals surface area contributed by atoms with E-state index in [0.717, 1.165) is 74.5 Å². The number of rotatable bonds is 11. The smallest absolute Gasteiger partial charge is 0.236 e. The van der Waals surface area contributed by atoms with Crippen LogP contribution >= 0.6 is 0 Å². The second kappa shape index (κ2) is 12.5. The average molecular weight is 495 g/mol. The van der Waals surface area contributed by atoms with Crippen molar-refractivity contribution in [3.63, 3.8) is 0 Å². The number of carbonyl (C=O) groups excluding carboxylic acids is 1. The number of ether oxygens (including phenoxy) is 2. The minimum atomic E-state index is 0.253. The second-order valence-electron chi connectivity index (χ2n) is 9.89. The number of anilines is 1. The molecule has 0 spiro atoms. The van der Waals surface area contributed by atoms with Crippen LogP contribution in [-0.2, 0) is 4.79 Å². The zero-order valence-corrected chi connectivity index (χ0v) is 22.4. The molecule has 1 aliphatic carbocycles. The molecule has 7 heteroatoms. The number of methoxy groups -OCH3 is 2. The van der Waals surface area contributed by atoms with Gasteiger partial charge in [0, 0.05) is 57.5 Å². The van der Waals surface area contributed by atoms with E-state index < -0.39 is 0 Å². The van der Waals surface area contributed by atoms with Crippen molar-refractivity contribution in [1.82, 2.24) is 14.7 Å². The van der Waals surface area contributed by atoms with Crippen molar-refractivity contribution in [1.29, 1.82) is 0 Å².